The van der Waals surface area contributed by atoms with E-state index in [1.54, 1.807) is 6.92 Å². The zero-order valence-corrected chi connectivity index (χ0v) is 10.2. The highest BCUT2D eigenvalue weighted by Crippen LogP contribution is 2.20. The maximum Gasteiger partial charge on any atom is 0.259 e. The Kier molecular flexibility index (Phi) is 3.20. The number of halogens is 2. The summed E-state index contributed by atoms with van der Waals surface area (Å²) in [6, 6.07) is 3.79. The van der Waals surface area contributed by atoms with Crippen LogP contribution >= 0.6 is 11.6 Å². The fourth-order valence-corrected chi connectivity index (χ4v) is 1.54. The Morgan fingerprint density at radius 1 is 1.56 bits per heavy atom. The number of carbonyl (C=O) groups is 1. The molecule has 0 saturated heterocycles. The van der Waals surface area contributed by atoms with Crippen molar-refractivity contribution in [3.8, 4) is 0 Å². The molecular formula is C11H10ClFN4O. The van der Waals surface area contributed by atoms with E-state index in [0.29, 0.717) is 11.4 Å². The Morgan fingerprint density at radius 3 is 2.83 bits per heavy atom. The number of hydrogen-bond donors (Lipinski definition) is 3. The van der Waals surface area contributed by atoms with Gasteiger partial charge in [0.15, 0.2) is 5.82 Å². The Morgan fingerprint density at radius 2 is 2.28 bits per heavy atom. The number of rotatable bonds is 2. The maximum atomic E-state index is 13.5. The number of nitrogens with zero attached hydrogens (tertiary/aromatic N) is 1. The molecule has 0 saturated carbocycles. The first-order valence-electron chi connectivity index (χ1n) is 5.06. The number of aryl methyl sites for hydroxylation is 1. The van der Waals surface area contributed by atoms with Gasteiger partial charge in [0.2, 0.25) is 0 Å². The second kappa shape index (κ2) is 4.66. The number of aromatic nitrogens is 2. The minimum absolute atomic E-state index is 0.126. The van der Waals surface area contributed by atoms with E-state index in [-0.39, 0.29) is 16.4 Å². The number of H-pyrrole nitrogens is 1. The average Bonchev–Trinajstić information content (AvgIpc) is 2.61. The topological polar surface area (TPSA) is 83.8 Å². The molecule has 1 aromatic carbocycles. The van der Waals surface area contributed by atoms with E-state index in [1.807, 2.05) is 0 Å². The highest BCUT2D eigenvalue weighted by atomic mass is 35.5. The van der Waals surface area contributed by atoms with Crippen LogP contribution in [0.2, 0.25) is 5.02 Å². The lowest BCUT2D eigenvalue weighted by Crippen LogP contribution is -2.15. The molecule has 0 bridgehead atoms. The van der Waals surface area contributed by atoms with Crippen LogP contribution in [0.15, 0.2) is 18.2 Å². The molecular weight excluding hydrogens is 259 g/mol. The van der Waals surface area contributed by atoms with Gasteiger partial charge in [0.1, 0.15) is 5.82 Å². The third kappa shape index (κ3) is 2.28. The van der Waals surface area contributed by atoms with Gasteiger partial charge < -0.3 is 11.1 Å². The molecule has 7 heteroatoms. The van der Waals surface area contributed by atoms with Crippen molar-refractivity contribution in [2.75, 3.05) is 11.1 Å². The zero-order valence-electron chi connectivity index (χ0n) is 9.42. The molecule has 18 heavy (non-hydrogen) atoms. The van der Waals surface area contributed by atoms with Crippen molar-refractivity contribution in [3.05, 3.63) is 40.3 Å². The van der Waals surface area contributed by atoms with Gasteiger partial charge in [-0.3, -0.25) is 9.89 Å². The van der Waals surface area contributed by atoms with Gasteiger partial charge in [0, 0.05) is 5.02 Å². The molecule has 94 valence electrons. The first-order chi connectivity index (χ1) is 8.49. The molecule has 0 spiro atoms. The number of carbonyl (C=O) groups excluding carboxylic acids is 1. The molecule has 1 aromatic heterocycles. The smallest absolute Gasteiger partial charge is 0.259 e. The fraction of sp³-hybridized carbons (Fsp3) is 0.0909. The summed E-state index contributed by atoms with van der Waals surface area (Å²) < 4.78 is 13.5. The lowest BCUT2D eigenvalue weighted by Gasteiger charge is -2.04. The van der Waals surface area contributed by atoms with Crippen LogP contribution in [0.3, 0.4) is 0 Å². The van der Waals surface area contributed by atoms with Gasteiger partial charge in [-0.05, 0) is 25.1 Å². The third-order valence-electron chi connectivity index (χ3n) is 2.40. The Balaban J connectivity index is 2.25. The van der Waals surface area contributed by atoms with Gasteiger partial charge in [-0.2, -0.15) is 5.10 Å². The Hall–Kier alpha value is -2.08. The SMILES string of the molecule is Cc1[nH]nc(NC(=O)c2ccc(Cl)cc2F)c1N. The van der Waals surface area contributed by atoms with Gasteiger partial charge in [-0.25, -0.2) is 4.39 Å². The van der Waals surface area contributed by atoms with E-state index in [2.05, 4.69) is 15.5 Å². The molecule has 1 amide bonds. The van der Waals surface area contributed by atoms with Gasteiger partial charge >= 0.3 is 0 Å². The van der Waals surface area contributed by atoms with E-state index in [1.165, 1.54) is 12.1 Å². The molecule has 4 N–H and O–H groups in total. The second-order valence-corrected chi connectivity index (χ2v) is 4.13. The number of nitrogens with two attached hydrogens (primary N) is 1. The quantitative estimate of drug-likeness (QED) is 0.782. The van der Waals surface area contributed by atoms with Gasteiger partial charge in [0.05, 0.1) is 16.9 Å². The Labute approximate surface area is 107 Å². The van der Waals surface area contributed by atoms with E-state index < -0.39 is 11.7 Å². The van der Waals surface area contributed by atoms with Gasteiger partial charge in [-0.15, -0.1) is 0 Å². The molecule has 2 aromatic rings. The number of hydrogen-bond acceptors (Lipinski definition) is 3. The first-order valence-corrected chi connectivity index (χ1v) is 5.43. The van der Waals surface area contributed by atoms with Crippen molar-refractivity contribution in [2.45, 2.75) is 6.92 Å². The van der Waals surface area contributed by atoms with Crippen molar-refractivity contribution < 1.29 is 9.18 Å². The van der Waals surface area contributed by atoms with Crippen LogP contribution in [-0.2, 0) is 0 Å². The molecule has 1 heterocycles. The minimum atomic E-state index is -0.703. The van der Waals surface area contributed by atoms with Crippen LogP contribution < -0.4 is 11.1 Å². The lowest BCUT2D eigenvalue weighted by molar-refractivity contribution is 0.102. The van der Waals surface area contributed by atoms with Crippen LogP contribution in [-0.4, -0.2) is 16.1 Å². The number of aromatic amines is 1. The molecule has 0 fully saturated rings. The van der Waals surface area contributed by atoms with E-state index in [4.69, 9.17) is 17.3 Å². The number of nitrogen functional groups attached to an aromatic ring is 1. The molecule has 0 aliphatic rings. The predicted octanol–water partition coefficient (Wildman–Crippen LogP) is 2.35. The van der Waals surface area contributed by atoms with Crippen molar-refractivity contribution in [1.82, 2.24) is 10.2 Å². The zero-order chi connectivity index (χ0) is 13.3. The first kappa shape index (κ1) is 12.4. The summed E-state index contributed by atoms with van der Waals surface area (Å²) in [7, 11) is 0. The predicted molar refractivity (Wildman–Crippen MR) is 67.1 cm³/mol. The summed E-state index contributed by atoms with van der Waals surface area (Å²) in [5.74, 6) is -1.17. The van der Waals surface area contributed by atoms with E-state index in [9.17, 15) is 9.18 Å². The molecule has 0 radical (unpaired) electrons. The molecule has 0 aliphatic carbocycles. The van der Waals surface area contributed by atoms with Crippen molar-refractivity contribution in [2.24, 2.45) is 0 Å². The van der Waals surface area contributed by atoms with Crippen LogP contribution in [0.5, 0.6) is 0 Å². The van der Waals surface area contributed by atoms with Crippen molar-refractivity contribution >= 4 is 29.0 Å². The molecule has 0 atom stereocenters. The summed E-state index contributed by atoms with van der Waals surface area (Å²) in [4.78, 5) is 11.8. The summed E-state index contributed by atoms with van der Waals surface area (Å²) in [5, 5.41) is 9.05. The highest BCUT2D eigenvalue weighted by molar-refractivity contribution is 6.30. The van der Waals surface area contributed by atoms with Crippen molar-refractivity contribution in [1.29, 1.82) is 0 Å². The number of benzene rings is 1. The van der Waals surface area contributed by atoms with E-state index >= 15 is 0 Å². The highest BCUT2D eigenvalue weighted by Gasteiger charge is 2.15. The third-order valence-corrected chi connectivity index (χ3v) is 2.64. The number of amides is 1. The van der Waals surface area contributed by atoms with Crippen LogP contribution in [0.4, 0.5) is 15.9 Å². The lowest BCUT2D eigenvalue weighted by atomic mass is 10.2. The normalized spacial score (nSPS) is 10.4. The monoisotopic (exact) mass is 268 g/mol. The molecule has 2 rings (SSSR count). The van der Waals surface area contributed by atoms with Crippen LogP contribution in [0.25, 0.3) is 0 Å². The van der Waals surface area contributed by atoms with E-state index in [0.717, 1.165) is 6.07 Å². The standard InChI is InChI=1S/C11H10ClFN4O/c1-5-9(14)10(17-16-5)15-11(18)7-3-2-6(12)4-8(7)13/h2-4H,14H2,1H3,(H2,15,16,17,18). The minimum Gasteiger partial charge on any atom is -0.394 e. The summed E-state index contributed by atoms with van der Waals surface area (Å²) >= 11 is 5.60. The van der Waals surface area contributed by atoms with Gasteiger partial charge in [0.25, 0.3) is 5.91 Å². The average molecular weight is 269 g/mol. The van der Waals surface area contributed by atoms with Crippen LogP contribution in [0.1, 0.15) is 16.1 Å². The molecule has 0 aliphatic heterocycles. The number of nitrogens with one attached hydrogen (secondary N) is 2. The largest absolute Gasteiger partial charge is 0.394 e. The molecule has 0 unspecified atom stereocenters. The fourth-order valence-electron chi connectivity index (χ4n) is 1.38. The Bertz CT molecular complexity index is 611. The summed E-state index contributed by atoms with van der Waals surface area (Å²) in [6.07, 6.45) is 0. The molecule has 5 nitrogen and oxygen atoms in total. The number of anilines is 2. The van der Waals surface area contributed by atoms with Crippen molar-refractivity contribution in [3.63, 3.8) is 0 Å². The summed E-state index contributed by atoms with van der Waals surface area (Å²) in [5.41, 5.74) is 6.49. The summed E-state index contributed by atoms with van der Waals surface area (Å²) in [6.45, 7) is 1.71. The second-order valence-electron chi connectivity index (χ2n) is 3.69. The van der Waals surface area contributed by atoms with Crippen LogP contribution in [0, 0.1) is 12.7 Å². The maximum absolute atomic E-state index is 13.5. The van der Waals surface area contributed by atoms with Gasteiger partial charge in [-0.1, -0.05) is 11.6 Å².